The summed E-state index contributed by atoms with van der Waals surface area (Å²) >= 11 is 6.04. The molecule has 0 heterocycles. The second-order valence-corrected chi connectivity index (χ2v) is 6.79. The first-order chi connectivity index (χ1) is 12.5. The number of carbonyl (C=O) groups excluding carboxylic acids is 1. The summed E-state index contributed by atoms with van der Waals surface area (Å²) in [5.74, 6) is -0.309. The minimum absolute atomic E-state index is 0.0851. The Hall–Kier alpha value is -2.62. The van der Waals surface area contributed by atoms with E-state index in [2.05, 4.69) is 5.32 Å². The summed E-state index contributed by atoms with van der Waals surface area (Å²) in [5, 5.41) is 13.9. The zero-order valence-electron chi connectivity index (χ0n) is 14.4. The van der Waals surface area contributed by atoms with Crippen molar-refractivity contribution >= 4 is 17.5 Å². The van der Waals surface area contributed by atoms with Crippen LogP contribution < -0.4 is 5.32 Å². The van der Waals surface area contributed by atoms with Crippen molar-refractivity contribution in [2.75, 3.05) is 6.54 Å². The Morgan fingerprint density at radius 1 is 0.923 bits per heavy atom. The van der Waals surface area contributed by atoms with Crippen LogP contribution in [0.1, 0.15) is 22.8 Å². The molecular formula is C22H20ClNO2. The molecule has 4 heteroatoms. The van der Waals surface area contributed by atoms with Gasteiger partial charge in [-0.25, -0.2) is 0 Å². The number of nitrogens with one attached hydrogen (secondary N) is 1. The molecule has 1 atom stereocenters. The first kappa shape index (κ1) is 18.2. The van der Waals surface area contributed by atoms with E-state index in [9.17, 15) is 9.90 Å². The van der Waals surface area contributed by atoms with E-state index in [-0.39, 0.29) is 12.5 Å². The smallest absolute Gasteiger partial charge is 0.252 e. The molecule has 1 unspecified atom stereocenters. The molecule has 132 valence electrons. The first-order valence-corrected chi connectivity index (χ1v) is 8.76. The average Bonchev–Trinajstić information content (AvgIpc) is 2.67. The predicted octanol–water partition coefficient (Wildman–Crippen LogP) is 4.64. The van der Waals surface area contributed by atoms with Gasteiger partial charge in [0.15, 0.2) is 0 Å². The zero-order chi connectivity index (χ0) is 18.6. The number of hydrogen-bond acceptors (Lipinski definition) is 2. The highest BCUT2D eigenvalue weighted by Crippen LogP contribution is 2.25. The van der Waals surface area contributed by atoms with E-state index in [0.717, 1.165) is 16.7 Å². The molecule has 3 nitrogen and oxygen atoms in total. The molecule has 3 aromatic rings. The number of carbonyl (C=O) groups is 1. The van der Waals surface area contributed by atoms with Gasteiger partial charge in [-0.15, -0.1) is 0 Å². The standard InChI is InChI=1S/C22H20ClNO2/c1-22(26,15-24-21(25)19-9-5-6-10-20(19)23)18-13-11-17(12-14-18)16-7-3-2-4-8-16/h2-14,26H,15H2,1H3,(H,24,25). The Kier molecular flexibility index (Phi) is 5.40. The fourth-order valence-electron chi connectivity index (χ4n) is 2.75. The Bertz CT molecular complexity index is 890. The minimum Gasteiger partial charge on any atom is -0.384 e. The molecule has 0 saturated heterocycles. The Morgan fingerprint density at radius 2 is 1.50 bits per heavy atom. The van der Waals surface area contributed by atoms with Gasteiger partial charge >= 0.3 is 0 Å². The summed E-state index contributed by atoms with van der Waals surface area (Å²) in [6.07, 6.45) is 0. The maximum Gasteiger partial charge on any atom is 0.252 e. The van der Waals surface area contributed by atoms with Crippen molar-refractivity contribution in [1.82, 2.24) is 5.32 Å². The van der Waals surface area contributed by atoms with Crippen molar-refractivity contribution in [2.45, 2.75) is 12.5 Å². The lowest BCUT2D eigenvalue weighted by molar-refractivity contribution is 0.0526. The lowest BCUT2D eigenvalue weighted by atomic mass is 9.93. The molecule has 26 heavy (non-hydrogen) atoms. The number of rotatable bonds is 5. The third-order valence-corrected chi connectivity index (χ3v) is 4.66. The number of amides is 1. The maximum absolute atomic E-state index is 12.3. The quantitative estimate of drug-likeness (QED) is 0.691. The van der Waals surface area contributed by atoms with Gasteiger partial charge in [0.2, 0.25) is 0 Å². The monoisotopic (exact) mass is 365 g/mol. The number of hydrogen-bond donors (Lipinski definition) is 2. The van der Waals surface area contributed by atoms with Crippen LogP contribution in [0, 0.1) is 0 Å². The van der Waals surface area contributed by atoms with Crippen LogP contribution in [0.3, 0.4) is 0 Å². The fourth-order valence-corrected chi connectivity index (χ4v) is 2.97. The first-order valence-electron chi connectivity index (χ1n) is 8.38. The van der Waals surface area contributed by atoms with Crippen molar-refractivity contribution in [1.29, 1.82) is 0 Å². The van der Waals surface area contributed by atoms with Gasteiger partial charge in [0.05, 0.1) is 17.1 Å². The van der Waals surface area contributed by atoms with Crippen LogP contribution in [-0.4, -0.2) is 17.6 Å². The third-order valence-electron chi connectivity index (χ3n) is 4.33. The molecule has 2 N–H and O–H groups in total. The summed E-state index contributed by atoms with van der Waals surface area (Å²) in [6.45, 7) is 1.76. The van der Waals surface area contributed by atoms with E-state index in [4.69, 9.17) is 11.6 Å². The van der Waals surface area contributed by atoms with Gasteiger partial charge in [0, 0.05) is 0 Å². The summed E-state index contributed by atoms with van der Waals surface area (Å²) in [5.41, 5.74) is 2.13. The van der Waals surface area contributed by atoms with E-state index in [1.807, 2.05) is 54.6 Å². The largest absolute Gasteiger partial charge is 0.384 e. The van der Waals surface area contributed by atoms with Crippen LogP contribution >= 0.6 is 11.6 Å². The Balaban J connectivity index is 1.70. The second-order valence-electron chi connectivity index (χ2n) is 6.38. The Morgan fingerprint density at radius 3 is 2.15 bits per heavy atom. The van der Waals surface area contributed by atoms with E-state index < -0.39 is 5.60 Å². The van der Waals surface area contributed by atoms with Crippen LogP contribution in [0.2, 0.25) is 5.02 Å². The minimum atomic E-state index is -1.19. The van der Waals surface area contributed by atoms with Crippen LogP contribution in [0.4, 0.5) is 0 Å². The molecule has 3 rings (SSSR count). The summed E-state index contributed by atoms with van der Waals surface area (Å²) < 4.78 is 0. The average molecular weight is 366 g/mol. The van der Waals surface area contributed by atoms with Gasteiger partial charge in [-0.2, -0.15) is 0 Å². The van der Waals surface area contributed by atoms with Crippen molar-refractivity contribution < 1.29 is 9.90 Å². The van der Waals surface area contributed by atoms with Crippen LogP contribution in [-0.2, 0) is 5.60 Å². The van der Waals surface area contributed by atoms with Gasteiger partial charge in [0.1, 0.15) is 5.60 Å². The van der Waals surface area contributed by atoms with Gasteiger partial charge in [0.25, 0.3) is 5.91 Å². The molecule has 0 spiro atoms. The molecule has 0 aliphatic rings. The lowest BCUT2D eigenvalue weighted by Crippen LogP contribution is -2.38. The molecule has 0 aromatic heterocycles. The number of halogens is 1. The molecular weight excluding hydrogens is 346 g/mol. The normalized spacial score (nSPS) is 13.0. The molecule has 0 aliphatic carbocycles. The highest BCUT2D eigenvalue weighted by molar-refractivity contribution is 6.33. The van der Waals surface area contributed by atoms with Crippen molar-refractivity contribution in [3.05, 3.63) is 95.0 Å². The van der Waals surface area contributed by atoms with E-state index in [1.165, 1.54) is 0 Å². The maximum atomic E-state index is 12.3. The summed E-state index contributed by atoms with van der Waals surface area (Å²) in [7, 11) is 0. The van der Waals surface area contributed by atoms with Crippen molar-refractivity contribution in [3.8, 4) is 11.1 Å². The molecule has 0 fully saturated rings. The molecule has 0 radical (unpaired) electrons. The summed E-state index contributed by atoms with van der Waals surface area (Å²) in [6, 6.07) is 24.6. The Labute approximate surface area is 158 Å². The molecule has 3 aromatic carbocycles. The van der Waals surface area contributed by atoms with Crippen LogP contribution in [0.25, 0.3) is 11.1 Å². The highest BCUT2D eigenvalue weighted by Gasteiger charge is 2.24. The second kappa shape index (κ2) is 7.73. The topological polar surface area (TPSA) is 49.3 Å². The van der Waals surface area contributed by atoms with Gasteiger partial charge in [-0.3, -0.25) is 4.79 Å². The zero-order valence-corrected chi connectivity index (χ0v) is 15.2. The molecule has 0 bridgehead atoms. The fraction of sp³-hybridized carbons (Fsp3) is 0.136. The number of aliphatic hydroxyl groups is 1. The number of benzene rings is 3. The summed E-state index contributed by atoms with van der Waals surface area (Å²) in [4.78, 5) is 12.3. The van der Waals surface area contributed by atoms with Crippen LogP contribution in [0.5, 0.6) is 0 Å². The molecule has 0 aliphatic heterocycles. The molecule has 0 saturated carbocycles. The van der Waals surface area contributed by atoms with Gasteiger partial charge in [-0.05, 0) is 35.7 Å². The van der Waals surface area contributed by atoms with Crippen LogP contribution in [0.15, 0.2) is 78.9 Å². The van der Waals surface area contributed by atoms with E-state index in [0.29, 0.717) is 10.6 Å². The van der Waals surface area contributed by atoms with Gasteiger partial charge < -0.3 is 10.4 Å². The van der Waals surface area contributed by atoms with Crippen molar-refractivity contribution in [3.63, 3.8) is 0 Å². The SMILES string of the molecule is CC(O)(CNC(=O)c1ccccc1Cl)c1ccc(-c2ccccc2)cc1. The van der Waals surface area contributed by atoms with E-state index in [1.54, 1.807) is 31.2 Å². The predicted molar refractivity (Wildman–Crippen MR) is 105 cm³/mol. The highest BCUT2D eigenvalue weighted by atomic mass is 35.5. The van der Waals surface area contributed by atoms with Gasteiger partial charge in [-0.1, -0.05) is 78.3 Å². The molecule has 1 amide bonds. The third kappa shape index (κ3) is 4.13. The van der Waals surface area contributed by atoms with Crippen molar-refractivity contribution in [2.24, 2.45) is 0 Å². The van der Waals surface area contributed by atoms with E-state index >= 15 is 0 Å². The lowest BCUT2D eigenvalue weighted by Gasteiger charge is -2.24.